The molecule has 0 saturated carbocycles. The average Bonchev–Trinajstić information content (AvgIpc) is 2.64. The molecule has 3 heteroatoms. The van der Waals surface area contributed by atoms with Gasteiger partial charge < -0.3 is 5.11 Å². The van der Waals surface area contributed by atoms with Crippen LogP contribution in [0.4, 0.5) is 4.39 Å². The number of β-amino-alcohol motifs (C(OH)–C–C–N with tert-alkyl or cyclic N) is 1. The van der Waals surface area contributed by atoms with Crippen molar-refractivity contribution >= 4 is 0 Å². The van der Waals surface area contributed by atoms with Crippen LogP contribution in [0.5, 0.6) is 0 Å². The molecule has 1 aliphatic rings. The average molecular weight is 237 g/mol. The topological polar surface area (TPSA) is 23.5 Å². The molecule has 1 saturated heterocycles. The molecule has 17 heavy (non-hydrogen) atoms. The Kier molecular flexibility index (Phi) is 3.50. The fourth-order valence-electron chi connectivity index (χ4n) is 2.57. The van der Waals surface area contributed by atoms with Gasteiger partial charge in [-0.1, -0.05) is 12.1 Å². The number of rotatable bonds is 3. The molecule has 0 bridgehead atoms. The molecule has 1 atom stereocenters. The van der Waals surface area contributed by atoms with Crippen LogP contribution in [0.2, 0.25) is 0 Å². The number of likely N-dealkylation sites (tertiary alicyclic amines) is 1. The summed E-state index contributed by atoms with van der Waals surface area (Å²) < 4.78 is 12.9. The van der Waals surface area contributed by atoms with E-state index in [-0.39, 0.29) is 5.82 Å². The van der Waals surface area contributed by atoms with Gasteiger partial charge in [0.2, 0.25) is 0 Å². The van der Waals surface area contributed by atoms with Crippen LogP contribution in [0.3, 0.4) is 0 Å². The van der Waals surface area contributed by atoms with E-state index in [1.807, 2.05) is 26.0 Å². The van der Waals surface area contributed by atoms with Crippen molar-refractivity contribution in [1.29, 1.82) is 0 Å². The van der Waals surface area contributed by atoms with Gasteiger partial charge in [0, 0.05) is 12.6 Å². The predicted molar refractivity (Wildman–Crippen MR) is 66.2 cm³/mol. The Hall–Kier alpha value is -0.930. The van der Waals surface area contributed by atoms with Crippen LogP contribution in [0.25, 0.3) is 0 Å². The minimum atomic E-state index is -0.678. The molecule has 1 aromatic carbocycles. The highest BCUT2D eigenvalue weighted by Crippen LogP contribution is 2.32. The van der Waals surface area contributed by atoms with Crippen molar-refractivity contribution in [2.24, 2.45) is 0 Å². The van der Waals surface area contributed by atoms with Gasteiger partial charge in [-0.2, -0.15) is 0 Å². The minimum absolute atomic E-state index is 0.194. The van der Waals surface area contributed by atoms with E-state index in [9.17, 15) is 9.50 Å². The normalized spacial score (nSPS) is 22.0. The summed E-state index contributed by atoms with van der Waals surface area (Å²) in [7, 11) is 0. The first-order valence-electron chi connectivity index (χ1n) is 6.18. The van der Waals surface area contributed by atoms with Crippen molar-refractivity contribution in [3.05, 3.63) is 35.6 Å². The molecule has 0 radical (unpaired) electrons. The van der Waals surface area contributed by atoms with E-state index in [4.69, 9.17) is 0 Å². The predicted octanol–water partition coefficient (Wildman–Crippen LogP) is 2.73. The molecule has 0 aliphatic carbocycles. The van der Waals surface area contributed by atoms with Crippen LogP contribution in [-0.4, -0.2) is 28.7 Å². The van der Waals surface area contributed by atoms with Crippen LogP contribution in [-0.2, 0) is 0 Å². The summed E-state index contributed by atoms with van der Waals surface area (Å²) in [4.78, 5) is 2.28. The van der Waals surface area contributed by atoms with Crippen molar-refractivity contribution in [3.63, 3.8) is 0 Å². The second kappa shape index (κ2) is 4.75. The lowest BCUT2D eigenvalue weighted by Crippen LogP contribution is -2.38. The fourth-order valence-corrected chi connectivity index (χ4v) is 2.57. The number of hydrogen-bond acceptors (Lipinski definition) is 2. The molecule has 0 aromatic heterocycles. The third-order valence-electron chi connectivity index (χ3n) is 3.21. The summed E-state index contributed by atoms with van der Waals surface area (Å²) in [5.74, 6) is -0.194. The molecular weight excluding hydrogens is 217 g/mol. The van der Waals surface area contributed by atoms with Gasteiger partial charge >= 0.3 is 0 Å². The Morgan fingerprint density at radius 1 is 1.35 bits per heavy atom. The quantitative estimate of drug-likeness (QED) is 0.873. The van der Waals surface area contributed by atoms with Gasteiger partial charge in [0.1, 0.15) is 5.82 Å². The van der Waals surface area contributed by atoms with Crippen molar-refractivity contribution in [3.8, 4) is 0 Å². The smallest absolute Gasteiger partial charge is 0.123 e. The first-order valence-corrected chi connectivity index (χ1v) is 6.18. The standard InChI is InChI=1S/C14H20FNO/c1-14(2,17)10-16-9-3-4-13(16)11-5-7-12(15)8-6-11/h5-8,13,17H,3-4,9-10H2,1-2H3. The lowest BCUT2D eigenvalue weighted by molar-refractivity contribution is 0.0317. The third kappa shape index (κ3) is 3.27. The van der Waals surface area contributed by atoms with Gasteiger partial charge in [-0.05, 0) is 50.9 Å². The van der Waals surface area contributed by atoms with E-state index in [1.165, 1.54) is 12.1 Å². The number of aliphatic hydroxyl groups is 1. The molecule has 2 nitrogen and oxygen atoms in total. The Morgan fingerprint density at radius 3 is 2.59 bits per heavy atom. The summed E-state index contributed by atoms with van der Waals surface area (Å²) in [6, 6.07) is 7.04. The molecule has 0 spiro atoms. The molecule has 1 aliphatic heterocycles. The maximum absolute atomic E-state index is 12.9. The molecular formula is C14H20FNO. The third-order valence-corrected chi connectivity index (χ3v) is 3.21. The molecule has 1 aromatic rings. The Bertz CT molecular complexity index is 369. The van der Waals surface area contributed by atoms with Gasteiger partial charge in [0.25, 0.3) is 0 Å². The lowest BCUT2D eigenvalue weighted by atomic mass is 10.0. The molecule has 1 N–H and O–H groups in total. The summed E-state index contributed by atoms with van der Waals surface area (Å²) in [6.07, 6.45) is 2.22. The SMILES string of the molecule is CC(C)(O)CN1CCCC1c1ccc(F)cc1. The van der Waals surface area contributed by atoms with Crippen LogP contribution in [0.1, 0.15) is 38.3 Å². The molecule has 1 fully saturated rings. The van der Waals surface area contributed by atoms with Gasteiger partial charge in [-0.15, -0.1) is 0 Å². The van der Waals surface area contributed by atoms with E-state index in [1.54, 1.807) is 0 Å². The monoisotopic (exact) mass is 237 g/mol. The minimum Gasteiger partial charge on any atom is -0.389 e. The molecule has 1 unspecified atom stereocenters. The number of halogens is 1. The van der Waals surface area contributed by atoms with Crippen LogP contribution < -0.4 is 0 Å². The molecule has 94 valence electrons. The van der Waals surface area contributed by atoms with E-state index >= 15 is 0 Å². The van der Waals surface area contributed by atoms with Crippen molar-refractivity contribution in [2.75, 3.05) is 13.1 Å². The van der Waals surface area contributed by atoms with Crippen LogP contribution in [0, 0.1) is 5.82 Å². The Morgan fingerprint density at radius 2 is 2.00 bits per heavy atom. The second-order valence-corrected chi connectivity index (χ2v) is 5.49. The number of hydrogen-bond donors (Lipinski definition) is 1. The van der Waals surface area contributed by atoms with Gasteiger partial charge in [0.05, 0.1) is 5.60 Å². The number of benzene rings is 1. The molecule has 0 amide bonds. The van der Waals surface area contributed by atoms with Crippen molar-refractivity contribution < 1.29 is 9.50 Å². The summed E-state index contributed by atoms with van der Waals surface area (Å²) in [5.41, 5.74) is 0.468. The maximum atomic E-state index is 12.9. The van der Waals surface area contributed by atoms with Crippen LogP contribution in [0.15, 0.2) is 24.3 Å². The first-order chi connectivity index (χ1) is 7.96. The lowest BCUT2D eigenvalue weighted by Gasteiger charge is -2.30. The molecule has 1 heterocycles. The summed E-state index contributed by atoms with van der Waals surface area (Å²) in [6.45, 7) is 5.32. The highest BCUT2D eigenvalue weighted by molar-refractivity contribution is 5.21. The Balaban J connectivity index is 2.11. The zero-order valence-electron chi connectivity index (χ0n) is 10.5. The summed E-state index contributed by atoms with van der Waals surface area (Å²) >= 11 is 0. The van der Waals surface area contributed by atoms with E-state index in [0.29, 0.717) is 12.6 Å². The van der Waals surface area contributed by atoms with E-state index in [2.05, 4.69) is 4.90 Å². The van der Waals surface area contributed by atoms with Crippen LogP contribution >= 0.6 is 0 Å². The fraction of sp³-hybridized carbons (Fsp3) is 0.571. The number of nitrogens with zero attached hydrogens (tertiary/aromatic N) is 1. The zero-order chi connectivity index (χ0) is 12.5. The van der Waals surface area contributed by atoms with E-state index < -0.39 is 5.60 Å². The summed E-state index contributed by atoms with van der Waals surface area (Å²) in [5, 5.41) is 9.89. The van der Waals surface area contributed by atoms with Crippen molar-refractivity contribution in [2.45, 2.75) is 38.3 Å². The Labute approximate surface area is 102 Å². The highest BCUT2D eigenvalue weighted by Gasteiger charge is 2.29. The van der Waals surface area contributed by atoms with Gasteiger partial charge in [-0.25, -0.2) is 4.39 Å². The van der Waals surface area contributed by atoms with Crippen molar-refractivity contribution in [1.82, 2.24) is 4.90 Å². The molecule has 2 rings (SSSR count). The first kappa shape index (κ1) is 12.5. The van der Waals surface area contributed by atoms with Gasteiger partial charge in [0.15, 0.2) is 0 Å². The van der Waals surface area contributed by atoms with Gasteiger partial charge in [-0.3, -0.25) is 4.90 Å². The maximum Gasteiger partial charge on any atom is 0.123 e. The zero-order valence-corrected chi connectivity index (χ0v) is 10.5. The van der Waals surface area contributed by atoms with E-state index in [0.717, 1.165) is 24.9 Å². The second-order valence-electron chi connectivity index (χ2n) is 5.49. The largest absolute Gasteiger partial charge is 0.389 e. The highest BCUT2D eigenvalue weighted by atomic mass is 19.1.